The van der Waals surface area contributed by atoms with Crippen LogP contribution in [0.2, 0.25) is 0 Å². The molecule has 11 nitrogen and oxygen atoms in total. The van der Waals surface area contributed by atoms with Gasteiger partial charge in [0.1, 0.15) is 11.7 Å². The number of carbonyl (C=O) groups is 3. The van der Waals surface area contributed by atoms with Gasteiger partial charge in [-0.15, -0.1) is 4.91 Å². The summed E-state index contributed by atoms with van der Waals surface area (Å²) in [5.74, 6) is -7.88. The van der Waals surface area contributed by atoms with Crippen LogP contribution in [0.3, 0.4) is 0 Å². The van der Waals surface area contributed by atoms with Gasteiger partial charge in [-0.3, -0.25) is 14.4 Å². The summed E-state index contributed by atoms with van der Waals surface area (Å²) in [6.45, 7) is 3.05. The van der Waals surface area contributed by atoms with Gasteiger partial charge in [0.15, 0.2) is 11.4 Å². The molecule has 3 rings (SSSR count). The molecule has 0 aliphatic heterocycles. The number of hydrogen-bond donors (Lipinski definition) is 5. The van der Waals surface area contributed by atoms with Crippen molar-refractivity contribution >= 4 is 17.5 Å². The average molecular weight is 463 g/mol. The Labute approximate surface area is 190 Å². The standard InChI is InChI=1S/C22H30N4O7/c1-9(25-33)13-10(5-6-26(3)4)7-11-8-12-17(23)21(2,31)15(20(24)30)19(29)22(12,32)18(28)14(11)16(13)27/h5,11-12,15,17,27,31-32H,6-8,23H2,1-4H3,(H2,24,30)/b10-5-,13-9-/t11-,12?,15+,17-,21+,22-/m0/s1. The number of Topliss-reactive ketones (excluding diaryl/α,β-unsaturated/α-hetero) is 2. The summed E-state index contributed by atoms with van der Waals surface area (Å²) >= 11 is 0. The zero-order valence-corrected chi connectivity index (χ0v) is 19.0. The Morgan fingerprint density at radius 3 is 2.42 bits per heavy atom. The third-order valence-corrected chi connectivity index (χ3v) is 7.17. The Hall–Kier alpha value is -2.73. The number of nitrogens with zero attached hydrogens (tertiary/aromatic N) is 2. The molecule has 0 radical (unpaired) electrons. The van der Waals surface area contributed by atoms with E-state index in [1.807, 2.05) is 19.0 Å². The molecule has 0 spiro atoms. The van der Waals surface area contributed by atoms with Crippen LogP contribution in [0.4, 0.5) is 0 Å². The van der Waals surface area contributed by atoms with Gasteiger partial charge in [-0.05, 0) is 57.5 Å². The van der Waals surface area contributed by atoms with E-state index in [1.165, 1.54) is 13.8 Å². The number of rotatable bonds is 4. The normalized spacial score (nSPS) is 39.5. The van der Waals surface area contributed by atoms with Crippen molar-refractivity contribution < 1.29 is 29.7 Å². The highest BCUT2D eigenvalue weighted by Gasteiger charge is 2.69. The Morgan fingerprint density at radius 2 is 1.91 bits per heavy atom. The number of aliphatic hydroxyl groups excluding tert-OH is 1. The smallest absolute Gasteiger partial charge is 0.231 e. The number of primary amides is 1. The molecular formula is C22H30N4O7. The Morgan fingerprint density at radius 1 is 1.30 bits per heavy atom. The fourth-order valence-corrected chi connectivity index (χ4v) is 5.43. The van der Waals surface area contributed by atoms with E-state index in [4.69, 9.17) is 11.5 Å². The van der Waals surface area contributed by atoms with Gasteiger partial charge in [-0.25, -0.2) is 0 Å². The quantitative estimate of drug-likeness (QED) is 0.268. The van der Waals surface area contributed by atoms with Crippen molar-refractivity contribution in [1.29, 1.82) is 0 Å². The Kier molecular flexibility index (Phi) is 6.22. The van der Waals surface area contributed by atoms with Crippen LogP contribution in [-0.4, -0.2) is 75.6 Å². The van der Waals surface area contributed by atoms with Gasteiger partial charge in [-0.1, -0.05) is 6.08 Å². The number of likely N-dealkylation sites (N-methyl/N-ethyl adjacent to an activating group) is 1. The molecule has 0 bridgehead atoms. The van der Waals surface area contributed by atoms with Crippen LogP contribution in [0.5, 0.6) is 0 Å². The molecule has 11 heteroatoms. The first-order valence-corrected chi connectivity index (χ1v) is 10.6. The fraction of sp³-hybridized carbons (Fsp3) is 0.591. The van der Waals surface area contributed by atoms with Crippen LogP contribution in [0.1, 0.15) is 26.7 Å². The molecule has 0 aromatic heterocycles. The van der Waals surface area contributed by atoms with Crippen LogP contribution >= 0.6 is 0 Å². The SMILES string of the molecule is C/C(N=O)=C1/C(O)=C2C(=O)[C@]3(O)C(=O)[C@H](C(N)=O)[C@@](C)(O)[C@@H](N)C3C[C@@H]2C/C1=C/CN(C)C. The molecule has 0 aromatic rings. The summed E-state index contributed by atoms with van der Waals surface area (Å²) in [5.41, 5.74) is 7.06. The van der Waals surface area contributed by atoms with Gasteiger partial charge >= 0.3 is 0 Å². The number of allylic oxidation sites excluding steroid dienone is 2. The van der Waals surface area contributed by atoms with Crippen molar-refractivity contribution in [3.63, 3.8) is 0 Å². The van der Waals surface area contributed by atoms with Crippen LogP contribution in [0.25, 0.3) is 0 Å². The molecule has 3 aliphatic carbocycles. The van der Waals surface area contributed by atoms with Crippen molar-refractivity contribution in [2.24, 2.45) is 34.4 Å². The molecule has 2 fully saturated rings. The minimum atomic E-state index is -2.75. The molecule has 0 aromatic carbocycles. The maximum Gasteiger partial charge on any atom is 0.231 e. The van der Waals surface area contributed by atoms with Crippen LogP contribution in [0, 0.1) is 22.7 Å². The van der Waals surface area contributed by atoms with Gasteiger partial charge in [-0.2, -0.15) is 0 Å². The Balaban J connectivity index is 2.23. The molecule has 33 heavy (non-hydrogen) atoms. The average Bonchev–Trinajstić information content (AvgIpc) is 2.72. The number of nitrogens with two attached hydrogens (primary N) is 2. The summed E-state index contributed by atoms with van der Waals surface area (Å²) in [5, 5.41) is 36.2. The highest BCUT2D eigenvalue weighted by atomic mass is 16.3. The van der Waals surface area contributed by atoms with Crippen molar-refractivity contribution in [3.8, 4) is 0 Å². The lowest BCUT2D eigenvalue weighted by molar-refractivity contribution is -0.188. The molecular weight excluding hydrogens is 432 g/mol. The first-order chi connectivity index (χ1) is 15.2. The van der Waals surface area contributed by atoms with Crippen molar-refractivity contribution in [1.82, 2.24) is 4.90 Å². The monoisotopic (exact) mass is 462 g/mol. The summed E-state index contributed by atoms with van der Waals surface area (Å²) in [6, 6.07) is -1.32. The van der Waals surface area contributed by atoms with Crippen LogP contribution < -0.4 is 11.5 Å². The fourth-order valence-electron chi connectivity index (χ4n) is 5.43. The third kappa shape index (κ3) is 3.55. The van der Waals surface area contributed by atoms with E-state index in [1.54, 1.807) is 6.08 Å². The van der Waals surface area contributed by atoms with Gasteiger partial charge in [0.2, 0.25) is 11.7 Å². The van der Waals surface area contributed by atoms with E-state index < -0.39 is 58.2 Å². The highest BCUT2D eigenvalue weighted by molar-refractivity contribution is 6.23. The Bertz CT molecular complexity index is 1030. The summed E-state index contributed by atoms with van der Waals surface area (Å²) in [6.07, 6.45) is 2.00. The maximum absolute atomic E-state index is 13.6. The van der Waals surface area contributed by atoms with Gasteiger partial charge in [0, 0.05) is 29.7 Å². The lowest BCUT2D eigenvalue weighted by Crippen LogP contribution is -2.76. The molecule has 180 valence electrons. The minimum Gasteiger partial charge on any atom is -0.507 e. The maximum atomic E-state index is 13.6. The summed E-state index contributed by atoms with van der Waals surface area (Å²) in [7, 11) is 3.67. The third-order valence-electron chi connectivity index (χ3n) is 7.17. The number of fused-ring (bicyclic) bond motifs is 2. The largest absolute Gasteiger partial charge is 0.507 e. The van der Waals surface area contributed by atoms with E-state index in [0.29, 0.717) is 12.1 Å². The molecule has 0 saturated heterocycles. The van der Waals surface area contributed by atoms with E-state index in [2.05, 4.69) is 5.18 Å². The summed E-state index contributed by atoms with van der Waals surface area (Å²) in [4.78, 5) is 51.9. The first kappa shape index (κ1) is 24.9. The predicted molar refractivity (Wildman–Crippen MR) is 117 cm³/mol. The lowest BCUT2D eigenvalue weighted by atomic mass is 9.52. The van der Waals surface area contributed by atoms with Crippen LogP contribution in [0.15, 0.2) is 39.4 Å². The summed E-state index contributed by atoms with van der Waals surface area (Å²) < 4.78 is 0. The number of nitroso groups, excluding NO2 is 1. The zero-order valence-electron chi connectivity index (χ0n) is 19.0. The van der Waals surface area contributed by atoms with E-state index in [-0.39, 0.29) is 29.7 Å². The van der Waals surface area contributed by atoms with Gasteiger partial charge in [0.25, 0.3) is 0 Å². The van der Waals surface area contributed by atoms with Gasteiger partial charge in [0.05, 0.1) is 11.3 Å². The number of carbonyl (C=O) groups excluding carboxylic acids is 3. The molecule has 7 N–H and O–H groups in total. The van der Waals surface area contributed by atoms with Crippen molar-refractivity contribution in [3.05, 3.63) is 39.2 Å². The predicted octanol–water partition coefficient (Wildman–Crippen LogP) is -0.571. The van der Waals surface area contributed by atoms with E-state index >= 15 is 0 Å². The van der Waals surface area contributed by atoms with Gasteiger partial charge < -0.3 is 31.7 Å². The number of amides is 1. The second kappa shape index (κ2) is 8.24. The topological polar surface area (TPSA) is 197 Å². The van der Waals surface area contributed by atoms with Crippen molar-refractivity contribution in [2.45, 2.75) is 43.9 Å². The number of hydrogen-bond acceptors (Lipinski definition) is 10. The second-order valence-electron chi connectivity index (χ2n) is 9.60. The van der Waals surface area contributed by atoms with E-state index in [0.717, 1.165) is 0 Å². The molecule has 1 unspecified atom stereocenters. The number of aliphatic hydroxyl groups is 3. The van der Waals surface area contributed by atoms with Crippen LogP contribution in [-0.2, 0) is 14.4 Å². The molecule has 2 saturated carbocycles. The molecule has 3 aliphatic rings. The van der Waals surface area contributed by atoms with Crippen molar-refractivity contribution in [2.75, 3.05) is 20.6 Å². The molecule has 0 heterocycles. The lowest BCUT2D eigenvalue weighted by Gasteiger charge is -2.54. The molecule has 1 amide bonds. The first-order valence-electron chi connectivity index (χ1n) is 10.6. The second-order valence-corrected chi connectivity index (χ2v) is 9.60. The van der Waals surface area contributed by atoms with E-state index in [9.17, 15) is 34.6 Å². The zero-order chi connectivity index (χ0) is 25.0. The number of ketones is 2. The molecule has 6 atom stereocenters. The minimum absolute atomic E-state index is 0.0175. The highest BCUT2D eigenvalue weighted by Crippen LogP contribution is 2.53.